The summed E-state index contributed by atoms with van der Waals surface area (Å²) >= 11 is 9.55. The van der Waals surface area contributed by atoms with Gasteiger partial charge in [0.05, 0.1) is 18.4 Å². The molecule has 0 heterocycles. The summed E-state index contributed by atoms with van der Waals surface area (Å²) < 4.78 is 0. The molecule has 0 atom stereocenters. The van der Waals surface area contributed by atoms with Crippen molar-refractivity contribution in [2.24, 2.45) is 0 Å². The van der Waals surface area contributed by atoms with E-state index in [0.717, 1.165) is 5.56 Å². The molecule has 0 aliphatic heterocycles. The van der Waals surface area contributed by atoms with Gasteiger partial charge in [-0.05, 0) is 17.2 Å². The number of carbonyl (C=O) groups excluding carboxylic acids is 1. The van der Waals surface area contributed by atoms with Crippen LogP contribution in [-0.2, 0) is 11.2 Å². The number of nitrogens with zero attached hydrogens (tertiary/aromatic N) is 1. The van der Waals surface area contributed by atoms with Crippen LogP contribution < -0.4 is 0 Å². The van der Waals surface area contributed by atoms with E-state index in [4.69, 9.17) is 28.5 Å². The second-order valence-electron chi connectivity index (χ2n) is 2.31. The zero-order valence-corrected chi connectivity index (χ0v) is 8.92. The van der Waals surface area contributed by atoms with Crippen LogP contribution in [0.1, 0.15) is 5.56 Å². The van der Waals surface area contributed by atoms with Gasteiger partial charge in [-0.1, -0.05) is 30.3 Å². The van der Waals surface area contributed by atoms with Gasteiger partial charge >= 0.3 is 0 Å². The molecule has 0 saturated carbocycles. The molecule has 14 heavy (non-hydrogen) atoms. The van der Waals surface area contributed by atoms with Gasteiger partial charge < -0.3 is 0 Å². The summed E-state index contributed by atoms with van der Waals surface area (Å²) in [6.45, 7) is 0. The fourth-order valence-corrected chi connectivity index (χ4v) is 0.687. The van der Waals surface area contributed by atoms with Crippen LogP contribution in [0.5, 0.6) is 0 Å². The van der Waals surface area contributed by atoms with Gasteiger partial charge in [0.2, 0.25) is 5.24 Å². The molecule has 4 heteroatoms. The van der Waals surface area contributed by atoms with E-state index in [1.54, 1.807) is 0 Å². The molecule has 2 nitrogen and oxygen atoms in total. The fraction of sp³-hybridized carbons (Fsp3) is 0.200. The highest BCUT2D eigenvalue weighted by Crippen LogP contribution is 1.96. The molecule has 0 radical (unpaired) electrons. The highest BCUT2D eigenvalue weighted by Gasteiger charge is 1.84. The Labute approximate surface area is 93.1 Å². The highest BCUT2D eigenvalue weighted by molar-refractivity contribution is 6.67. The largest absolute Gasteiger partial charge is 0.280 e. The van der Waals surface area contributed by atoms with Gasteiger partial charge in [0.25, 0.3) is 0 Å². The van der Waals surface area contributed by atoms with Gasteiger partial charge in [-0.3, -0.25) is 4.79 Å². The smallest absolute Gasteiger partial charge is 0.236 e. The van der Waals surface area contributed by atoms with Crippen LogP contribution in [0.2, 0.25) is 0 Å². The van der Waals surface area contributed by atoms with Crippen LogP contribution in [-0.4, -0.2) is 11.1 Å². The molecule has 1 aromatic rings. The first kappa shape index (κ1) is 13.0. The topological polar surface area (TPSA) is 40.9 Å². The Hall–Kier alpha value is -1.04. The number of alkyl halides is 1. The maximum Gasteiger partial charge on any atom is 0.236 e. The van der Waals surface area contributed by atoms with Crippen molar-refractivity contribution in [3.8, 4) is 6.07 Å². The van der Waals surface area contributed by atoms with Gasteiger partial charge in [0.1, 0.15) is 0 Å². The third kappa shape index (κ3) is 7.60. The highest BCUT2D eigenvalue weighted by atomic mass is 35.5. The zero-order valence-electron chi connectivity index (χ0n) is 7.41. The lowest BCUT2D eigenvalue weighted by Crippen LogP contribution is -1.81. The molecule has 0 saturated heterocycles. The molecule has 74 valence electrons. The first-order valence-corrected chi connectivity index (χ1v) is 4.77. The van der Waals surface area contributed by atoms with Crippen molar-refractivity contribution < 1.29 is 4.79 Å². The first-order valence-electron chi connectivity index (χ1n) is 3.86. The van der Waals surface area contributed by atoms with Crippen molar-refractivity contribution in [1.29, 1.82) is 5.26 Å². The Morgan fingerprint density at radius 3 is 2.21 bits per heavy atom. The van der Waals surface area contributed by atoms with Gasteiger partial charge in [0, 0.05) is 0 Å². The molecule has 1 aromatic carbocycles. The second-order valence-corrected chi connectivity index (χ2v) is 3.00. The lowest BCUT2D eigenvalue weighted by Gasteiger charge is -1.88. The minimum Gasteiger partial charge on any atom is -0.280 e. The number of hydrogen-bond donors (Lipinski definition) is 0. The van der Waals surface area contributed by atoms with Crippen molar-refractivity contribution in [2.75, 3.05) is 5.88 Å². The molecule has 0 spiro atoms. The number of nitriles is 1. The summed E-state index contributed by atoms with van der Waals surface area (Å²) in [4.78, 5) is 9.45. The van der Waals surface area contributed by atoms with Crippen molar-refractivity contribution in [2.45, 2.75) is 6.42 Å². The van der Waals surface area contributed by atoms with Crippen LogP contribution in [0.25, 0.3) is 0 Å². The molecule has 0 aliphatic rings. The fourth-order valence-electron chi connectivity index (χ4n) is 0.687. The Bertz CT molecular complexity index is 306. The maximum atomic E-state index is 9.45. The number of carbonyl (C=O) groups is 1. The van der Waals surface area contributed by atoms with Crippen LogP contribution in [0, 0.1) is 11.3 Å². The Balaban J connectivity index is 0.000000292. The standard InChI is InChI=1S/C8H7N.C2H2Cl2O/c9-7-6-8-4-2-1-3-5-8;3-1-2(4)5/h1-5H,6H2;1H2. The minimum absolute atomic E-state index is 0.0957. The van der Waals surface area contributed by atoms with Crippen LogP contribution >= 0.6 is 23.2 Å². The van der Waals surface area contributed by atoms with Crippen molar-refractivity contribution in [1.82, 2.24) is 0 Å². The average Bonchev–Trinajstić information content (AvgIpc) is 2.21. The van der Waals surface area contributed by atoms with E-state index in [2.05, 4.69) is 6.07 Å². The average molecular weight is 230 g/mol. The molecule has 0 unspecified atom stereocenters. The summed E-state index contributed by atoms with van der Waals surface area (Å²) in [5.41, 5.74) is 1.08. The summed E-state index contributed by atoms with van der Waals surface area (Å²) in [6, 6.07) is 11.8. The van der Waals surface area contributed by atoms with Crippen LogP contribution in [0.15, 0.2) is 30.3 Å². The predicted molar refractivity (Wildman–Crippen MR) is 57.3 cm³/mol. The van der Waals surface area contributed by atoms with E-state index in [0.29, 0.717) is 6.42 Å². The molecule has 0 aliphatic carbocycles. The lowest BCUT2D eigenvalue weighted by atomic mass is 10.2. The Kier molecular flexibility index (Phi) is 7.92. The van der Waals surface area contributed by atoms with Crippen LogP contribution in [0.3, 0.4) is 0 Å². The number of benzene rings is 1. The normalized spacial score (nSPS) is 8.07. The van der Waals surface area contributed by atoms with Gasteiger partial charge in [-0.25, -0.2) is 0 Å². The van der Waals surface area contributed by atoms with E-state index >= 15 is 0 Å². The van der Waals surface area contributed by atoms with Crippen LogP contribution in [0.4, 0.5) is 0 Å². The van der Waals surface area contributed by atoms with Crippen molar-refractivity contribution in [3.63, 3.8) is 0 Å². The maximum absolute atomic E-state index is 9.45. The van der Waals surface area contributed by atoms with E-state index in [-0.39, 0.29) is 5.88 Å². The summed E-state index contributed by atoms with van der Waals surface area (Å²) in [7, 11) is 0. The number of halogens is 2. The number of hydrogen-bond acceptors (Lipinski definition) is 2. The van der Waals surface area contributed by atoms with E-state index < -0.39 is 5.24 Å². The number of rotatable bonds is 2. The lowest BCUT2D eigenvalue weighted by molar-refractivity contribution is -0.109. The van der Waals surface area contributed by atoms with Gasteiger partial charge in [-0.15, -0.1) is 11.6 Å². The SMILES string of the molecule is N#CCc1ccccc1.O=C(Cl)CCl. The zero-order chi connectivity index (χ0) is 10.8. The molecule has 1 rings (SSSR count). The Morgan fingerprint density at radius 1 is 1.36 bits per heavy atom. The molecule has 0 bridgehead atoms. The monoisotopic (exact) mass is 229 g/mol. The summed E-state index contributed by atoms with van der Waals surface area (Å²) in [5, 5.41) is 7.76. The van der Waals surface area contributed by atoms with Crippen molar-refractivity contribution in [3.05, 3.63) is 35.9 Å². The van der Waals surface area contributed by atoms with E-state index in [1.807, 2.05) is 30.3 Å². The van der Waals surface area contributed by atoms with Gasteiger partial charge in [-0.2, -0.15) is 5.26 Å². The van der Waals surface area contributed by atoms with Gasteiger partial charge in [0.15, 0.2) is 0 Å². The molecule has 0 fully saturated rings. The van der Waals surface area contributed by atoms with Crippen molar-refractivity contribution >= 4 is 28.4 Å². The third-order valence-corrected chi connectivity index (χ3v) is 1.74. The van der Waals surface area contributed by atoms with E-state index in [1.165, 1.54) is 0 Å². The molecule has 0 aromatic heterocycles. The minimum atomic E-state index is -0.508. The molecule has 0 amide bonds. The molecule has 0 N–H and O–H groups in total. The second kappa shape index (κ2) is 8.55. The van der Waals surface area contributed by atoms with E-state index in [9.17, 15) is 4.79 Å². The molecular formula is C10H9Cl2NO. The quantitative estimate of drug-likeness (QED) is 0.578. The first-order chi connectivity index (χ1) is 6.70. The molecular weight excluding hydrogens is 221 g/mol. The summed E-state index contributed by atoms with van der Waals surface area (Å²) in [6.07, 6.45) is 0.515. The summed E-state index contributed by atoms with van der Waals surface area (Å²) in [5.74, 6) is -0.0957. The Morgan fingerprint density at radius 2 is 1.86 bits per heavy atom. The third-order valence-electron chi connectivity index (χ3n) is 1.23. The predicted octanol–water partition coefficient (Wildman–Crippen LogP) is 2.74.